The van der Waals surface area contributed by atoms with Gasteiger partial charge in [-0.3, -0.25) is 0 Å². The first-order valence-corrected chi connectivity index (χ1v) is 5.34. The predicted octanol–water partition coefficient (Wildman–Crippen LogP) is 2.18. The van der Waals surface area contributed by atoms with Crippen LogP contribution in [-0.4, -0.2) is 18.2 Å². The van der Waals surface area contributed by atoms with E-state index in [1.54, 1.807) is 12.1 Å². The first-order chi connectivity index (χ1) is 7.27. The molecule has 1 aromatic carbocycles. The van der Waals surface area contributed by atoms with Crippen molar-refractivity contribution in [1.82, 2.24) is 0 Å². The highest BCUT2D eigenvalue weighted by atomic mass is 32.1. The van der Waals surface area contributed by atoms with Gasteiger partial charge in [0.15, 0.2) is 0 Å². The number of carbonyl (C=O) groups excluding carboxylic acids is 1. The molecular formula is C11H10O3S. The summed E-state index contributed by atoms with van der Waals surface area (Å²) in [5.41, 5.74) is 1.40. The second-order valence-corrected chi connectivity index (χ2v) is 3.97. The molecular weight excluding hydrogens is 212 g/mol. The van der Waals surface area contributed by atoms with E-state index in [9.17, 15) is 4.79 Å². The minimum absolute atomic E-state index is 0.00930. The molecule has 1 heterocycles. The van der Waals surface area contributed by atoms with Crippen molar-refractivity contribution in [2.24, 2.45) is 0 Å². The first-order valence-electron chi connectivity index (χ1n) is 4.46. The molecule has 0 aliphatic carbocycles. The molecule has 15 heavy (non-hydrogen) atoms. The highest BCUT2D eigenvalue weighted by molar-refractivity contribution is 7.17. The van der Waals surface area contributed by atoms with E-state index in [2.05, 4.69) is 0 Å². The van der Waals surface area contributed by atoms with Crippen molar-refractivity contribution in [2.45, 2.75) is 6.61 Å². The van der Waals surface area contributed by atoms with Crippen LogP contribution in [0.1, 0.15) is 15.9 Å². The number of carbonyl (C=O) groups is 1. The van der Waals surface area contributed by atoms with Crippen LogP contribution in [0.5, 0.6) is 0 Å². The maximum Gasteiger partial charge on any atom is 0.339 e. The summed E-state index contributed by atoms with van der Waals surface area (Å²) in [5.74, 6) is -0.341. The second kappa shape index (κ2) is 4.00. The molecule has 0 amide bonds. The van der Waals surface area contributed by atoms with Gasteiger partial charge in [0.2, 0.25) is 0 Å². The van der Waals surface area contributed by atoms with E-state index in [0.29, 0.717) is 5.56 Å². The number of rotatable bonds is 2. The maximum absolute atomic E-state index is 11.4. The molecule has 78 valence electrons. The maximum atomic E-state index is 11.4. The Morgan fingerprint density at radius 1 is 1.53 bits per heavy atom. The third-order valence-corrected chi connectivity index (χ3v) is 3.33. The molecule has 4 heteroatoms. The Bertz CT molecular complexity index is 502. The fourth-order valence-electron chi connectivity index (χ4n) is 1.50. The Morgan fingerprint density at radius 3 is 3.00 bits per heavy atom. The predicted molar refractivity (Wildman–Crippen MR) is 59.1 cm³/mol. The molecule has 2 aromatic rings. The number of hydrogen-bond acceptors (Lipinski definition) is 4. The summed E-state index contributed by atoms with van der Waals surface area (Å²) < 4.78 is 5.56. The summed E-state index contributed by atoms with van der Waals surface area (Å²) in [4.78, 5) is 11.4. The van der Waals surface area contributed by atoms with Crippen molar-refractivity contribution in [2.75, 3.05) is 7.11 Å². The van der Waals surface area contributed by atoms with Crippen LogP contribution in [0, 0.1) is 0 Å². The molecule has 0 atom stereocenters. The van der Waals surface area contributed by atoms with E-state index in [-0.39, 0.29) is 12.6 Å². The number of aliphatic hydroxyl groups excluding tert-OH is 1. The molecule has 0 radical (unpaired) electrons. The molecule has 0 saturated heterocycles. The highest BCUT2D eigenvalue weighted by Gasteiger charge is 2.12. The van der Waals surface area contributed by atoms with Crippen molar-refractivity contribution in [3.05, 3.63) is 34.7 Å². The number of methoxy groups -OCH3 is 1. The van der Waals surface area contributed by atoms with Gasteiger partial charge >= 0.3 is 5.97 Å². The summed E-state index contributed by atoms with van der Waals surface area (Å²) in [7, 11) is 1.36. The molecule has 0 fully saturated rings. The van der Waals surface area contributed by atoms with Crippen LogP contribution in [0.4, 0.5) is 0 Å². The second-order valence-electron chi connectivity index (χ2n) is 3.09. The summed E-state index contributed by atoms with van der Waals surface area (Å²) in [6.07, 6.45) is 0. The first kappa shape index (κ1) is 10.1. The largest absolute Gasteiger partial charge is 0.465 e. The zero-order valence-corrected chi connectivity index (χ0v) is 9.00. The number of hydrogen-bond donors (Lipinski definition) is 1. The lowest BCUT2D eigenvalue weighted by Gasteiger charge is -2.00. The fraction of sp³-hybridized carbons (Fsp3) is 0.182. The SMILES string of the molecule is COC(=O)c1cccc2c(CO)csc12. The molecule has 3 nitrogen and oxygen atoms in total. The monoisotopic (exact) mass is 222 g/mol. The van der Waals surface area contributed by atoms with Gasteiger partial charge in [-0.1, -0.05) is 12.1 Å². The third kappa shape index (κ3) is 1.62. The standard InChI is InChI=1S/C11H10O3S/c1-14-11(13)9-4-2-3-8-7(5-12)6-15-10(8)9/h2-4,6,12H,5H2,1H3. The van der Waals surface area contributed by atoms with Crippen molar-refractivity contribution < 1.29 is 14.6 Å². The van der Waals surface area contributed by atoms with Gasteiger partial charge in [-0.15, -0.1) is 11.3 Å². The molecule has 2 rings (SSSR count). The molecule has 1 aromatic heterocycles. The van der Waals surface area contributed by atoms with Gasteiger partial charge in [-0.05, 0) is 22.4 Å². The average Bonchev–Trinajstić information content (AvgIpc) is 2.70. The van der Waals surface area contributed by atoms with Crippen LogP contribution in [-0.2, 0) is 11.3 Å². The van der Waals surface area contributed by atoms with Gasteiger partial charge < -0.3 is 9.84 Å². The smallest absolute Gasteiger partial charge is 0.339 e. The van der Waals surface area contributed by atoms with Crippen molar-refractivity contribution >= 4 is 27.4 Å². The Kier molecular flexibility index (Phi) is 2.70. The number of thiophene rings is 1. The van der Waals surface area contributed by atoms with E-state index < -0.39 is 0 Å². The van der Waals surface area contributed by atoms with Crippen molar-refractivity contribution in [3.8, 4) is 0 Å². The quantitative estimate of drug-likeness (QED) is 0.792. The zero-order chi connectivity index (χ0) is 10.8. The van der Waals surface area contributed by atoms with E-state index in [1.807, 2.05) is 11.4 Å². The van der Waals surface area contributed by atoms with Crippen LogP contribution in [0.2, 0.25) is 0 Å². The van der Waals surface area contributed by atoms with Gasteiger partial charge in [0.25, 0.3) is 0 Å². The van der Waals surface area contributed by atoms with Crippen LogP contribution in [0.25, 0.3) is 10.1 Å². The van der Waals surface area contributed by atoms with E-state index in [0.717, 1.165) is 15.6 Å². The van der Waals surface area contributed by atoms with Crippen molar-refractivity contribution in [1.29, 1.82) is 0 Å². The summed E-state index contributed by atoms with van der Waals surface area (Å²) in [6, 6.07) is 5.41. The topological polar surface area (TPSA) is 46.5 Å². The number of aliphatic hydroxyl groups is 1. The molecule has 0 aliphatic heterocycles. The summed E-state index contributed by atoms with van der Waals surface area (Å²) in [6.45, 7) is -0.00930. The number of esters is 1. The van der Waals surface area contributed by atoms with E-state index in [4.69, 9.17) is 9.84 Å². The lowest BCUT2D eigenvalue weighted by atomic mass is 10.1. The number of fused-ring (bicyclic) bond motifs is 1. The normalized spacial score (nSPS) is 10.5. The van der Waals surface area contributed by atoms with Crippen molar-refractivity contribution in [3.63, 3.8) is 0 Å². The van der Waals surface area contributed by atoms with Crippen LogP contribution < -0.4 is 0 Å². The van der Waals surface area contributed by atoms with Crippen LogP contribution >= 0.6 is 11.3 Å². The van der Waals surface area contributed by atoms with Crippen LogP contribution in [0.15, 0.2) is 23.6 Å². The van der Waals surface area contributed by atoms with Gasteiger partial charge in [0.1, 0.15) is 0 Å². The lowest BCUT2D eigenvalue weighted by Crippen LogP contribution is -2.00. The Balaban J connectivity index is 2.67. The molecule has 0 saturated carbocycles. The Hall–Kier alpha value is -1.39. The lowest BCUT2D eigenvalue weighted by molar-refractivity contribution is 0.0603. The minimum atomic E-state index is -0.341. The van der Waals surface area contributed by atoms with Gasteiger partial charge in [0, 0.05) is 4.70 Å². The summed E-state index contributed by atoms with van der Waals surface area (Å²) >= 11 is 1.45. The summed E-state index contributed by atoms with van der Waals surface area (Å²) in [5, 5.41) is 11.9. The van der Waals surface area contributed by atoms with Gasteiger partial charge in [0.05, 0.1) is 19.3 Å². The molecule has 0 aliphatic rings. The minimum Gasteiger partial charge on any atom is -0.465 e. The van der Waals surface area contributed by atoms with E-state index >= 15 is 0 Å². The van der Waals surface area contributed by atoms with Gasteiger partial charge in [-0.25, -0.2) is 4.79 Å². The highest BCUT2D eigenvalue weighted by Crippen LogP contribution is 2.29. The molecule has 0 bridgehead atoms. The molecule has 0 unspecified atom stereocenters. The van der Waals surface area contributed by atoms with Gasteiger partial charge in [-0.2, -0.15) is 0 Å². The zero-order valence-electron chi connectivity index (χ0n) is 8.19. The number of benzene rings is 1. The Morgan fingerprint density at radius 2 is 2.33 bits per heavy atom. The molecule has 0 spiro atoms. The molecule has 1 N–H and O–H groups in total. The average molecular weight is 222 g/mol. The van der Waals surface area contributed by atoms with E-state index in [1.165, 1.54) is 18.4 Å². The Labute approximate surface area is 90.9 Å². The third-order valence-electron chi connectivity index (χ3n) is 2.26. The van der Waals surface area contributed by atoms with Crippen LogP contribution in [0.3, 0.4) is 0 Å². The fourth-order valence-corrected chi connectivity index (χ4v) is 2.57. The number of ether oxygens (including phenoxy) is 1.